The lowest BCUT2D eigenvalue weighted by atomic mass is 9.91. The molecule has 0 aromatic heterocycles. The number of amides is 1. The minimum atomic E-state index is -0.474. The van der Waals surface area contributed by atoms with Crippen molar-refractivity contribution >= 4 is 30.7 Å². The van der Waals surface area contributed by atoms with Gasteiger partial charge in [0.1, 0.15) is 11.3 Å². The Morgan fingerprint density at radius 3 is 2.17 bits per heavy atom. The molecule has 0 radical (unpaired) electrons. The van der Waals surface area contributed by atoms with Crippen molar-refractivity contribution in [1.29, 1.82) is 0 Å². The zero-order valence-corrected chi connectivity index (χ0v) is 18.3. The summed E-state index contributed by atoms with van der Waals surface area (Å²) in [7, 11) is 1.66. The van der Waals surface area contributed by atoms with Crippen LogP contribution in [0.25, 0.3) is 0 Å². The first-order chi connectivity index (χ1) is 13.2. The summed E-state index contributed by atoms with van der Waals surface area (Å²) in [4.78, 5) is 15.8. The summed E-state index contributed by atoms with van der Waals surface area (Å²) in [6, 6.07) is 16.3. The van der Waals surface area contributed by atoms with Gasteiger partial charge in [-0.05, 0) is 28.8 Å². The third kappa shape index (κ3) is 4.86. The van der Waals surface area contributed by atoms with E-state index in [2.05, 4.69) is 39.8 Å². The zero-order chi connectivity index (χ0) is 18.7. The monoisotopic (exact) mass is 437 g/mol. The summed E-state index contributed by atoms with van der Waals surface area (Å²) in [6.07, 6.45) is 1.58. The average Bonchev–Trinajstić information content (AvgIpc) is 3.14. The number of carbonyl (C=O) groups excluding carboxylic acids is 1. The number of nitrogens with zero attached hydrogens (tertiary/aromatic N) is 1. The predicted octanol–water partition coefficient (Wildman–Crippen LogP) is 2.60. The van der Waals surface area contributed by atoms with Crippen molar-refractivity contribution in [1.82, 2.24) is 15.5 Å². The van der Waals surface area contributed by atoms with Gasteiger partial charge in [-0.3, -0.25) is 9.69 Å². The van der Waals surface area contributed by atoms with Crippen LogP contribution >= 0.6 is 24.8 Å². The molecule has 1 amide bonds. The van der Waals surface area contributed by atoms with E-state index in [1.54, 1.807) is 7.11 Å². The van der Waals surface area contributed by atoms with Crippen LogP contribution < -0.4 is 15.4 Å². The van der Waals surface area contributed by atoms with Crippen molar-refractivity contribution in [2.24, 2.45) is 0 Å². The number of hydrogen-bond donors (Lipinski definition) is 2. The van der Waals surface area contributed by atoms with Crippen molar-refractivity contribution in [3.05, 3.63) is 65.2 Å². The lowest BCUT2D eigenvalue weighted by Crippen LogP contribution is -2.63. The Hall–Kier alpha value is -1.79. The highest BCUT2D eigenvalue weighted by Gasteiger charge is 2.48. The number of ether oxygens (including phenoxy) is 1. The summed E-state index contributed by atoms with van der Waals surface area (Å²) >= 11 is 0. The first-order valence-corrected chi connectivity index (χ1v) is 9.65. The molecule has 7 heteroatoms. The lowest BCUT2D eigenvalue weighted by molar-refractivity contribution is -0.134. The van der Waals surface area contributed by atoms with Gasteiger partial charge in [0.05, 0.1) is 7.11 Å². The molecule has 2 aromatic carbocycles. The van der Waals surface area contributed by atoms with Crippen LogP contribution in [0.1, 0.15) is 16.7 Å². The van der Waals surface area contributed by atoms with Crippen molar-refractivity contribution in [2.75, 3.05) is 33.3 Å². The maximum absolute atomic E-state index is 13.4. The molecule has 0 bridgehead atoms. The third-order valence-corrected chi connectivity index (χ3v) is 5.84. The fourth-order valence-electron chi connectivity index (χ4n) is 4.31. The fourth-order valence-corrected chi connectivity index (χ4v) is 4.31. The summed E-state index contributed by atoms with van der Waals surface area (Å²) in [5, 5.41) is 6.61. The number of piperazine rings is 1. The van der Waals surface area contributed by atoms with E-state index in [9.17, 15) is 4.79 Å². The number of carbonyl (C=O) groups is 1. The predicted molar refractivity (Wildman–Crippen MR) is 120 cm³/mol. The molecule has 1 heterocycles. The minimum Gasteiger partial charge on any atom is -0.497 e. The smallest absolute Gasteiger partial charge is 0.241 e. The number of fused-ring (bicyclic) bond motifs is 1. The van der Waals surface area contributed by atoms with Crippen molar-refractivity contribution in [2.45, 2.75) is 24.9 Å². The van der Waals surface area contributed by atoms with Crippen molar-refractivity contribution < 1.29 is 9.53 Å². The molecule has 1 aliphatic heterocycles. The molecule has 158 valence electrons. The largest absolute Gasteiger partial charge is 0.497 e. The molecule has 2 aliphatic rings. The van der Waals surface area contributed by atoms with E-state index < -0.39 is 5.54 Å². The van der Waals surface area contributed by atoms with Crippen LogP contribution in [0, 0.1) is 0 Å². The molecule has 29 heavy (non-hydrogen) atoms. The van der Waals surface area contributed by atoms with Crippen LogP contribution in [0.4, 0.5) is 0 Å². The Morgan fingerprint density at radius 2 is 1.62 bits per heavy atom. The van der Waals surface area contributed by atoms with Crippen LogP contribution in [0.2, 0.25) is 0 Å². The van der Waals surface area contributed by atoms with Crippen molar-refractivity contribution in [3.8, 4) is 5.75 Å². The Balaban J connectivity index is 0.00000150. The molecule has 1 saturated heterocycles. The van der Waals surface area contributed by atoms with E-state index in [0.29, 0.717) is 6.54 Å². The van der Waals surface area contributed by atoms with Crippen LogP contribution in [0.3, 0.4) is 0 Å². The molecule has 5 nitrogen and oxygen atoms in total. The molecule has 0 spiro atoms. The van der Waals surface area contributed by atoms with Gasteiger partial charge in [0.2, 0.25) is 5.91 Å². The van der Waals surface area contributed by atoms with Gasteiger partial charge in [-0.25, -0.2) is 0 Å². The van der Waals surface area contributed by atoms with Crippen LogP contribution in [0.5, 0.6) is 5.75 Å². The maximum Gasteiger partial charge on any atom is 0.241 e. The number of benzene rings is 2. The van der Waals surface area contributed by atoms with E-state index in [0.717, 1.165) is 50.3 Å². The van der Waals surface area contributed by atoms with E-state index >= 15 is 0 Å². The molecule has 0 saturated carbocycles. The quantitative estimate of drug-likeness (QED) is 0.754. The molecule has 0 atom stereocenters. The number of nitrogens with one attached hydrogen (secondary N) is 2. The number of halogens is 2. The number of hydrogen-bond acceptors (Lipinski definition) is 4. The van der Waals surface area contributed by atoms with E-state index in [1.165, 1.54) is 11.1 Å². The Bertz CT molecular complexity index is 783. The highest BCUT2D eigenvalue weighted by atomic mass is 35.5. The van der Waals surface area contributed by atoms with E-state index in [4.69, 9.17) is 4.74 Å². The Kier molecular flexibility index (Phi) is 8.34. The molecule has 1 aliphatic carbocycles. The van der Waals surface area contributed by atoms with Gasteiger partial charge in [-0.1, -0.05) is 36.4 Å². The van der Waals surface area contributed by atoms with Gasteiger partial charge in [0.15, 0.2) is 0 Å². The van der Waals surface area contributed by atoms with Crippen LogP contribution in [0.15, 0.2) is 48.5 Å². The maximum atomic E-state index is 13.4. The highest BCUT2D eigenvalue weighted by molar-refractivity contribution is 5.88. The molecular weight excluding hydrogens is 409 g/mol. The van der Waals surface area contributed by atoms with Gasteiger partial charge in [-0.15, -0.1) is 24.8 Å². The first-order valence-electron chi connectivity index (χ1n) is 9.65. The SMILES string of the molecule is COc1ccc(CNC(=O)C2(N3CCNCC3)Cc3ccccc3C2)cc1.Cl.Cl. The molecule has 4 rings (SSSR count). The molecular formula is C22H29Cl2N3O2. The lowest BCUT2D eigenvalue weighted by Gasteiger charge is -2.42. The van der Waals surface area contributed by atoms with Crippen molar-refractivity contribution in [3.63, 3.8) is 0 Å². The fraction of sp³-hybridized carbons (Fsp3) is 0.409. The summed E-state index contributed by atoms with van der Waals surface area (Å²) in [5.74, 6) is 0.963. The van der Waals surface area contributed by atoms with Crippen LogP contribution in [-0.2, 0) is 24.2 Å². The Morgan fingerprint density at radius 1 is 1.03 bits per heavy atom. The Labute approximate surface area is 185 Å². The summed E-state index contributed by atoms with van der Waals surface area (Å²) < 4.78 is 5.21. The topological polar surface area (TPSA) is 53.6 Å². The summed E-state index contributed by atoms with van der Waals surface area (Å²) in [6.45, 7) is 4.22. The average molecular weight is 438 g/mol. The molecule has 2 aromatic rings. The van der Waals surface area contributed by atoms with Crippen LogP contribution in [-0.4, -0.2) is 49.6 Å². The van der Waals surface area contributed by atoms with Gasteiger partial charge in [-0.2, -0.15) is 0 Å². The zero-order valence-electron chi connectivity index (χ0n) is 16.6. The number of rotatable bonds is 5. The normalized spacial score (nSPS) is 17.4. The van der Waals surface area contributed by atoms with E-state index in [-0.39, 0.29) is 30.7 Å². The second-order valence-corrected chi connectivity index (χ2v) is 7.42. The first kappa shape index (κ1) is 23.5. The summed E-state index contributed by atoms with van der Waals surface area (Å²) in [5.41, 5.74) is 3.21. The highest BCUT2D eigenvalue weighted by Crippen LogP contribution is 2.35. The molecule has 2 N–H and O–H groups in total. The van der Waals surface area contributed by atoms with Gasteiger partial charge in [0.25, 0.3) is 0 Å². The second-order valence-electron chi connectivity index (χ2n) is 7.42. The van der Waals surface area contributed by atoms with Gasteiger partial charge < -0.3 is 15.4 Å². The minimum absolute atomic E-state index is 0. The third-order valence-electron chi connectivity index (χ3n) is 5.84. The van der Waals surface area contributed by atoms with Gasteiger partial charge >= 0.3 is 0 Å². The molecule has 1 fully saturated rings. The standard InChI is InChI=1S/C22H27N3O2.2ClH/c1-27-20-8-6-17(7-9-20)16-24-21(26)22(25-12-10-23-11-13-25)14-18-4-2-3-5-19(18)15-22;;/h2-9,23H,10-16H2,1H3,(H,24,26);2*1H. The number of methoxy groups -OCH3 is 1. The van der Waals surface area contributed by atoms with Gasteiger partial charge in [0, 0.05) is 45.6 Å². The van der Waals surface area contributed by atoms with E-state index in [1.807, 2.05) is 24.3 Å². The molecule has 0 unspecified atom stereocenters. The second kappa shape index (κ2) is 10.3.